The number of aryl methyl sites for hydroxylation is 1. The predicted octanol–water partition coefficient (Wildman–Crippen LogP) is 3.08. The van der Waals surface area contributed by atoms with E-state index in [0.717, 1.165) is 17.9 Å². The van der Waals surface area contributed by atoms with Gasteiger partial charge in [0.25, 0.3) is 0 Å². The van der Waals surface area contributed by atoms with E-state index >= 15 is 0 Å². The molecule has 2 N–H and O–H groups in total. The van der Waals surface area contributed by atoms with Crippen molar-refractivity contribution in [1.29, 1.82) is 0 Å². The van der Waals surface area contributed by atoms with Crippen LogP contribution in [0.15, 0.2) is 23.1 Å². The summed E-state index contributed by atoms with van der Waals surface area (Å²) in [7, 11) is 0. The number of benzene rings is 1. The van der Waals surface area contributed by atoms with Crippen molar-refractivity contribution >= 4 is 17.4 Å². The molecule has 1 nitrogen and oxygen atoms in total. The van der Waals surface area contributed by atoms with E-state index in [4.69, 9.17) is 5.73 Å². The van der Waals surface area contributed by atoms with Gasteiger partial charge in [-0.05, 0) is 31.5 Å². The monoisotopic (exact) mass is 205 g/mol. The highest BCUT2D eigenvalue weighted by Gasteiger charge is 1.98. The van der Waals surface area contributed by atoms with Crippen molar-refractivity contribution in [1.82, 2.24) is 0 Å². The first kappa shape index (κ1) is 11.0. The van der Waals surface area contributed by atoms with E-state index in [0.29, 0.717) is 0 Å². The highest BCUT2D eigenvalue weighted by Crippen LogP contribution is 2.24. The fraction of sp³-hybridized carbons (Fsp3) is 0.333. The minimum atomic E-state index is 0.833. The molecule has 0 saturated carbocycles. The van der Waals surface area contributed by atoms with Gasteiger partial charge in [-0.25, -0.2) is 0 Å². The third-order valence-electron chi connectivity index (χ3n) is 1.87. The molecule has 0 saturated heterocycles. The highest BCUT2D eigenvalue weighted by molar-refractivity contribution is 7.99. The van der Waals surface area contributed by atoms with Gasteiger partial charge in [0.2, 0.25) is 0 Å². The Hall–Kier alpha value is -1.07. The molecule has 0 aliphatic heterocycles. The van der Waals surface area contributed by atoms with E-state index in [-0.39, 0.29) is 0 Å². The Morgan fingerprint density at radius 1 is 1.43 bits per heavy atom. The quantitative estimate of drug-likeness (QED) is 0.355. The molecular weight excluding hydrogens is 190 g/mol. The van der Waals surface area contributed by atoms with Gasteiger partial charge in [0, 0.05) is 22.8 Å². The minimum Gasteiger partial charge on any atom is -0.399 e. The molecule has 0 aliphatic rings. The number of hydrogen-bond acceptors (Lipinski definition) is 2. The van der Waals surface area contributed by atoms with Crippen LogP contribution in [0.1, 0.15) is 18.9 Å². The highest BCUT2D eigenvalue weighted by atomic mass is 32.2. The van der Waals surface area contributed by atoms with Crippen molar-refractivity contribution < 1.29 is 0 Å². The lowest BCUT2D eigenvalue weighted by Crippen LogP contribution is -1.88. The lowest BCUT2D eigenvalue weighted by atomic mass is 10.2. The van der Waals surface area contributed by atoms with E-state index in [1.807, 2.05) is 30.8 Å². The maximum Gasteiger partial charge on any atom is 0.0325 e. The van der Waals surface area contributed by atoms with Crippen LogP contribution in [-0.2, 0) is 0 Å². The van der Waals surface area contributed by atoms with Crippen LogP contribution in [0.2, 0.25) is 0 Å². The summed E-state index contributed by atoms with van der Waals surface area (Å²) in [4.78, 5) is 1.27. The molecule has 1 rings (SSSR count). The summed E-state index contributed by atoms with van der Waals surface area (Å²) in [5.74, 6) is 6.98. The number of nitrogens with two attached hydrogens (primary N) is 1. The van der Waals surface area contributed by atoms with E-state index in [2.05, 4.69) is 24.8 Å². The maximum absolute atomic E-state index is 5.72. The van der Waals surface area contributed by atoms with Crippen LogP contribution >= 0.6 is 11.8 Å². The van der Waals surface area contributed by atoms with Crippen molar-refractivity contribution in [3.05, 3.63) is 23.8 Å². The second-order valence-electron chi connectivity index (χ2n) is 3.05. The van der Waals surface area contributed by atoms with Gasteiger partial charge < -0.3 is 5.73 Å². The molecule has 1 aromatic rings. The molecule has 0 aromatic heterocycles. The molecule has 0 spiro atoms. The number of nitrogen functional groups attached to an aromatic ring is 1. The van der Waals surface area contributed by atoms with Crippen molar-refractivity contribution in [2.45, 2.75) is 25.2 Å². The molecule has 0 unspecified atom stereocenters. The van der Waals surface area contributed by atoms with Gasteiger partial charge in [-0.2, -0.15) is 0 Å². The van der Waals surface area contributed by atoms with Crippen LogP contribution in [-0.4, -0.2) is 5.75 Å². The number of rotatable bonds is 3. The van der Waals surface area contributed by atoms with E-state index in [1.54, 1.807) is 0 Å². The zero-order valence-electron chi connectivity index (χ0n) is 8.63. The number of hydrogen-bond donors (Lipinski definition) is 1. The summed E-state index contributed by atoms with van der Waals surface area (Å²) in [6.45, 7) is 3.98. The first-order valence-electron chi connectivity index (χ1n) is 4.62. The third-order valence-corrected chi connectivity index (χ3v) is 3.03. The van der Waals surface area contributed by atoms with Crippen molar-refractivity contribution in [3.63, 3.8) is 0 Å². The Labute approximate surface area is 90.1 Å². The van der Waals surface area contributed by atoms with Crippen LogP contribution in [0.5, 0.6) is 0 Å². The molecule has 0 amide bonds. The van der Waals surface area contributed by atoms with Gasteiger partial charge in [0.05, 0.1) is 0 Å². The predicted molar refractivity (Wildman–Crippen MR) is 64.4 cm³/mol. The topological polar surface area (TPSA) is 26.0 Å². The standard InChI is InChI=1S/C12H15NS/c1-3-4-5-8-14-12-9-11(13)7-6-10(12)2/h6-7,9H,5,8,13H2,1-2H3. The van der Waals surface area contributed by atoms with E-state index in [9.17, 15) is 0 Å². The second kappa shape index (κ2) is 5.62. The van der Waals surface area contributed by atoms with Gasteiger partial charge in [-0.3, -0.25) is 0 Å². The molecule has 1 aromatic carbocycles. The Kier molecular flexibility index (Phi) is 4.42. The summed E-state index contributed by atoms with van der Waals surface area (Å²) < 4.78 is 0. The normalized spacial score (nSPS) is 9.29. The minimum absolute atomic E-state index is 0.833. The average Bonchev–Trinajstić information content (AvgIpc) is 2.18. The second-order valence-corrected chi connectivity index (χ2v) is 4.19. The first-order chi connectivity index (χ1) is 6.74. The molecule has 2 heteroatoms. The summed E-state index contributed by atoms with van der Waals surface area (Å²) in [5.41, 5.74) is 7.84. The van der Waals surface area contributed by atoms with Crippen LogP contribution in [0.4, 0.5) is 5.69 Å². The Morgan fingerprint density at radius 2 is 2.21 bits per heavy atom. The first-order valence-corrected chi connectivity index (χ1v) is 5.61. The Balaban J connectivity index is 2.56. The summed E-state index contributed by atoms with van der Waals surface area (Å²) in [5, 5.41) is 0. The Bertz CT molecular complexity index is 360. The zero-order chi connectivity index (χ0) is 10.4. The number of anilines is 1. The van der Waals surface area contributed by atoms with Gasteiger partial charge in [-0.1, -0.05) is 6.07 Å². The maximum atomic E-state index is 5.72. The van der Waals surface area contributed by atoms with Crippen LogP contribution < -0.4 is 5.73 Å². The zero-order valence-corrected chi connectivity index (χ0v) is 9.45. The molecule has 0 fully saturated rings. The van der Waals surface area contributed by atoms with Gasteiger partial charge in [0.15, 0.2) is 0 Å². The van der Waals surface area contributed by atoms with Crippen LogP contribution in [0.25, 0.3) is 0 Å². The fourth-order valence-electron chi connectivity index (χ4n) is 1.11. The summed E-state index contributed by atoms with van der Waals surface area (Å²) in [6, 6.07) is 6.02. The molecule has 0 aliphatic carbocycles. The van der Waals surface area contributed by atoms with Crippen molar-refractivity contribution in [2.75, 3.05) is 11.5 Å². The fourth-order valence-corrected chi connectivity index (χ4v) is 2.05. The Morgan fingerprint density at radius 3 is 2.93 bits per heavy atom. The molecule has 0 atom stereocenters. The molecule has 0 radical (unpaired) electrons. The van der Waals surface area contributed by atoms with Gasteiger partial charge >= 0.3 is 0 Å². The van der Waals surface area contributed by atoms with E-state index in [1.165, 1.54) is 10.5 Å². The molecule has 0 bridgehead atoms. The SMILES string of the molecule is CC#CCCSc1cc(N)ccc1C. The largest absolute Gasteiger partial charge is 0.399 e. The van der Waals surface area contributed by atoms with Crippen molar-refractivity contribution in [2.24, 2.45) is 0 Å². The third kappa shape index (κ3) is 3.35. The van der Waals surface area contributed by atoms with E-state index < -0.39 is 0 Å². The lowest BCUT2D eigenvalue weighted by Gasteiger charge is -2.04. The van der Waals surface area contributed by atoms with Crippen LogP contribution in [0.3, 0.4) is 0 Å². The average molecular weight is 205 g/mol. The smallest absolute Gasteiger partial charge is 0.0325 e. The molecule has 14 heavy (non-hydrogen) atoms. The van der Waals surface area contributed by atoms with Gasteiger partial charge in [-0.15, -0.1) is 23.6 Å². The summed E-state index contributed by atoms with van der Waals surface area (Å²) >= 11 is 1.82. The number of thioether (sulfide) groups is 1. The molecule has 74 valence electrons. The van der Waals surface area contributed by atoms with Crippen molar-refractivity contribution in [3.8, 4) is 11.8 Å². The lowest BCUT2D eigenvalue weighted by molar-refractivity contribution is 1.26. The van der Waals surface area contributed by atoms with Crippen LogP contribution in [0, 0.1) is 18.8 Å². The van der Waals surface area contributed by atoms with Gasteiger partial charge in [0.1, 0.15) is 0 Å². The molecule has 0 heterocycles. The molecular formula is C12H15NS. The summed E-state index contributed by atoms with van der Waals surface area (Å²) in [6.07, 6.45) is 0.940.